The van der Waals surface area contributed by atoms with Crippen molar-refractivity contribution < 1.29 is 0 Å². The Balaban J connectivity index is 1.52. The lowest BCUT2D eigenvalue weighted by molar-refractivity contribution is 0.502. The van der Waals surface area contributed by atoms with E-state index in [0.717, 1.165) is 19.5 Å². The summed E-state index contributed by atoms with van der Waals surface area (Å²) in [6.07, 6.45) is 4.67. The maximum absolute atomic E-state index is 3.96. The number of aryl methyl sites for hydroxylation is 1. The predicted octanol–water partition coefficient (Wildman–Crippen LogP) is 3.23. The van der Waals surface area contributed by atoms with Gasteiger partial charge in [-0.3, -0.25) is 4.68 Å². The van der Waals surface area contributed by atoms with Crippen molar-refractivity contribution in [2.45, 2.75) is 25.9 Å². The normalized spacial score (nSPS) is 12.8. The van der Waals surface area contributed by atoms with Gasteiger partial charge in [0.25, 0.3) is 0 Å². The largest absolute Gasteiger partial charge is 0.309 e. The molecule has 3 rings (SSSR count). The highest BCUT2D eigenvalue weighted by molar-refractivity contribution is 7.19. The Kier molecular flexibility index (Phi) is 4.08. The van der Waals surface area contributed by atoms with Gasteiger partial charge in [-0.1, -0.05) is 23.4 Å². The molecule has 0 bridgehead atoms. The minimum atomic E-state index is 0.392. The lowest BCUT2D eigenvalue weighted by atomic mass is 10.2. The number of thiophene rings is 1. The van der Waals surface area contributed by atoms with Crippen LogP contribution in [0.4, 0.5) is 0 Å². The molecule has 0 aliphatic heterocycles. The zero-order valence-electron chi connectivity index (χ0n) is 11.5. The summed E-state index contributed by atoms with van der Waals surface area (Å²) in [5.74, 6) is 0. The number of fused-ring (bicyclic) bond motifs is 1. The maximum atomic E-state index is 3.96. The van der Waals surface area contributed by atoms with Gasteiger partial charge in [0.2, 0.25) is 0 Å². The zero-order valence-corrected chi connectivity index (χ0v) is 12.3. The molecule has 1 atom stereocenters. The molecule has 1 aromatic carbocycles. The minimum absolute atomic E-state index is 0.392. The van der Waals surface area contributed by atoms with Crippen LogP contribution in [-0.4, -0.2) is 21.5 Å². The molecular formula is C15H18N4S. The predicted molar refractivity (Wildman–Crippen MR) is 82.9 cm³/mol. The quantitative estimate of drug-likeness (QED) is 0.707. The van der Waals surface area contributed by atoms with Gasteiger partial charge in [0.1, 0.15) is 0 Å². The number of rotatable bonds is 6. The molecule has 0 fully saturated rings. The molecule has 104 valence electrons. The molecule has 1 N–H and O–H groups in total. The highest BCUT2D eigenvalue weighted by atomic mass is 32.1. The van der Waals surface area contributed by atoms with Crippen LogP contribution in [0.1, 0.15) is 24.3 Å². The van der Waals surface area contributed by atoms with Crippen molar-refractivity contribution in [3.63, 3.8) is 0 Å². The topological polar surface area (TPSA) is 42.7 Å². The summed E-state index contributed by atoms with van der Waals surface area (Å²) in [5, 5.41) is 12.7. The Bertz CT molecular complexity index is 626. The minimum Gasteiger partial charge on any atom is -0.309 e. The second-order valence-electron chi connectivity index (χ2n) is 4.88. The monoisotopic (exact) mass is 286 g/mol. The van der Waals surface area contributed by atoms with Gasteiger partial charge in [0.15, 0.2) is 0 Å². The SMILES string of the molecule is CC(NCCCn1ccnn1)c1cc2ccccc2s1. The molecular weight excluding hydrogens is 268 g/mol. The van der Waals surface area contributed by atoms with Crippen molar-refractivity contribution in [2.24, 2.45) is 0 Å². The molecule has 0 aliphatic rings. The standard InChI is InChI=1S/C15H18N4S/c1-12(16-7-4-9-19-10-8-17-18-19)15-11-13-5-2-3-6-14(13)20-15/h2-3,5-6,8,10-12,16H,4,7,9H2,1H3. The molecule has 0 amide bonds. The van der Waals surface area contributed by atoms with E-state index < -0.39 is 0 Å². The summed E-state index contributed by atoms with van der Waals surface area (Å²) in [4.78, 5) is 1.40. The van der Waals surface area contributed by atoms with E-state index in [1.165, 1.54) is 15.0 Å². The first-order chi connectivity index (χ1) is 9.83. The molecule has 20 heavy (non-hydrogen) atoms. The summed E-state index contributed by atoms with van der Waals surface area (Å²) in [7, 11) is 0. The number of nitrogens with one attached hydrogen (secondary N) is 1. The van der Waals surface area contributed by atoms with Crippen molar-refractivity contribution in [1.82, 2.24) is 20.3 Å². The lowest BCUT2D eigenvalue weighted by Gasteiger charge is -2.11. The highest BCUT2D eigenvalue weighted by Gasteiger charge is 2.08. The van der Waals surface area contributed by atoms with E-state index in [0.29, 0.717) is 6.04 Å². The van der Waals surface area contributed by atoms with Crippen LogP contribution in [0.3, 0.4) is 0 Å². The fourth-order valence-corrected chi connectivity index (χ4v) is 3.32. The van der Waals surface area contributed by atoms with Crippen molar-refractivity contribution in [3.8, 4) is 0 Å². The van der Waals surface area contributed by atoms with Crippen molar-refractivity contribution in [2.75, 3.05) is 6.54 Å². The van der Waals surface area contributed by atoms with Crippen LogP contribution in [0.5, 0.6) is 0 Å². The molecule has 0 aliphatic carbocycles. The van der Waals surface area contributed by atoms with Crippen LogP contribution in [0, 0.1) is 0 Å². The fraction of sp³-hybridized carbons (Fsp3) is 0.333. The van der Waals surface area contributed by atoms with Crippen LogP contribution in [0.2, 0.25) is 0 Å². The van der Waals surface area contributed by atoms with Crippen molar-refractivity contribution >= 4 is 21.4 Å². The molecule has 2 aromatic heterocycles. The van der Waals surface area contributed by atoms with Gasteiger partial charge in [-0.25, -0.2) is 0 Å². The average molecular weight is 286 g/mol. The Labute approximate surface area is 122 Å². The number of benzene rings is 1. The molecule has 4 nitrogen and oxygen atoms in total. The van der Waals surface area contributed by atoms with Crippen LogP contribution in [0.25, 0.3) is 10.1 Å². The van der Waals surface area contributed by atoms with Gasteiger partial charge in [-0.2, -0.15) is 0 Å². The van der Waals surface area contributed by atoms with Gasteiger partial charge in [-0.15, -0.1) is 16.4 Å². The van der Waals surface area contributed by atoms with Crippen LogP contribution < -0.4 is 5.32 Å². The summed E-state index contributed by atoms with van der Waals surface area (Å²) in [5.41, 5.74) is 0. The van der Waals surface area contributed by atoms with E-state index in [2.05, 4.69) is 52.9 Å². The first-order valence-electron chi connectivity index (χ1n) is 6.89. The first kappa shape index (κ1) is 13.3. The molecule has 2 heterocycles. The third-order valence-corrected chi connectivity index (χ3v) is 4.66. The van der Waals surface area contributed by atoms with E-state index in [1.807, 2.05) is 22.2 Å². The first-order valence-corrected chi connectivity index (χ1v) is 7.70. The molecule has 0 saturated carbocycles. The summed E-state index contributed by atoms with van der Waals surface area (Å²) in [6, 6.07) is 11.2. The smallest absolute Gasteiger partial charge is 0.0692 e. The molecule has 5 heteroatoms. The van der Waals surface area contributed by atoms with Crippen molar-refractivity contribution in [1.29, 1.82) is 0 Å². The number of hydrogen-bond acceptors (Lipinski definition) is 4. The highest BCUT2D eigenvalue weighted by Crippen LogP contribution is 2.29. The summed E-state index contributed by atoms with van der Waals surface area (Å²) in [6.45, 7) is 4.11. The Hall–Kier alpha value is -1.72. The van der Waals surface area contributed by atoms with E-state index in [9.17, 15) is 0 Å². The Morgan fingerprint density at radius 2 is 2.25 bits per heavy atom. The maximum Gasteiger partial charge on any atom is 0.0692 e. The van der Waals surface area contributed by atoms with Crippen molar-refractivity contribution in [3.05, 3.63) is 47.6 Å². The van der Waals surface area contributed by atoms with E-state index in [4.69, 9.17) is 0 Å². The summed E-state index contributed by atoms with van der Waals surface area (Å²) >= 11 is 1.87. The second-order valence-corrected chi connectivity index (χ2v) is 6.00. The average Bonchev–Trinajstić information content (AvgIpc) is 3.12. The summed E-state index contributed by atoms with van der Waals surface area (Å²) < 4.78 is 3.23. The third kappa shape index (κ3) is 3.05. The second kappa shape index (κ2) is 6.15. The van der Waals surface area contributed by atoms with E-state index in [-0.39, 0.29) is 0 Å². The molecule has 0 spiro atoms. The molecule has 0 radical (unpaired) electrons. The van der Waals surface area contributed by atoms with Gasteiger partial charge in [0, 0.05) is 28.4 Å². The lowest BCUT2D eigenvalue weighted by Crippen LogP contribution is -2.20. The van der Waals surface area contributed by atoms with Crippen LogP contribution in [0.15, 0.2) is 42.7 Å². The third-order valence-electron chi connectivity index (χ3n) is 3.36. The van der Waals surface area contributed by atoms with Gasteiger partial charge in [0.05, 0.1) is 6.20 Å². The fourth-order valence-electron chi connectivity index (χ4n) is 2.23. The Morgan fingerprint density at radius 1 is 1.35 bits per heavy atom. The van der Waals surface area contributed by atoms with Crippen LogP contribution in [-0.2, 0) is 6.54 Å². The number of nitrogens with zero attached hydrogens (tertiary/aromatic N) is 3. The molecule has 0 saturated heterocycles. The van der Waals surface area contributed by atoms with Gasteiger partial charge >= 0.3 is 0 Å². The molecule has 3 aromatic rings. The van der Waals surface area contributed by atoms with E-state index >= 15 is 0 Å². The molecule has 1 unspecified atom stereocenters. The van der Waals surface area contributed by atoms with E-state index in [1.54, 1.807) is 6.20 Å². The Morgan fingerprint density at radius 3 is 3.05 bits per heavy atom. The number of aromatic nitrogens is 3. The zero-order chi connectivity index (χ0) is 13.8. The number of hydrogen-bond donors (Lipinski definition) is 1. The van der Waals surface area contributed by atoms with Gasteiger partial charge in [-0.05, 0) is 37.4 Å². The van der Waals surface area contributed by atoms with Crippen LogP contribution >= 0.6 is 11.3 Å². The van der Waals surface area contributed by atoms with Gasteiger partial charge < -0.3 is 5.32 Å².